The normalized spacial score (nSPS) is 15.6. The Labute approximate surface area is 121 Å². The molecular formula is C14H19BrN2O2. The van der Waals surface area contributed by atoms with Crippen LogP contribution in [-0.4, -0.2) is 11.5 Å². The lowest BCUT2D eigenvalue weighted by Crippen LogP contribution is -2.06. The topological polar surface area (TPSA) is 55.2 Å². The summed E-state index contributed by atoms with van der Waals surface area (Å²) in [4.78, 5) is 10.6. The monoisotopic (exact) mass is 326 g/mol. The Morgan fingerprint density at radius 2 is 2.11 bits per heavy atom. The van der Waals surface area contributed by atoms with Crippen LogP contribution in [0.5, 0.6) is 0 Å². The zero-order chi connectivity index (χ0) is 13.7. The molecular weight excluding hydrogens is 308 g/mol. The molecule has 1 aromatic carbocycles. The Morgan fingerprint density at radius 3 is 2.79 bits per heavy atom. The lowest BCUT2D eigenvalue weighted by molar-refractivity contribution is -0.384. The number of benzene rings is 1. The van der Waals surface area contributed by atoms with E-state index in [1.54, 1.807) is 12.1 Å². The average Bonchev–Trinajstić information content (AvgIpc) is 2.89. The second-order valence-electron chi connectivity index (χ2n) is 5.14. The summed E-state index contributed by atoms with van der Waals surface area (Å²) in [7, 11) is 0. The predicted molar refractivity (Wildman–Crippen MR) is 80.5 cm³/mol. The second-order valence-corrected chi connectivity index (χ2v) is 6.05. The van der Waals surface area contributed by atoms with Gasteiger partial charge in [-0.1, -0.05) is 41.6 Å². The highest BCUT2D eigenvalue weighted by Crippen LogP contribution is 2.30. The van der Waals surface area contributed by atoms with Crippen molar-refractivity contribution in [3.05, 3.63) is 32.8 Å². The molecule has 4 nitrogen and oxygen atoms in total. The minimum atomic E-state index is -0.343. The van der Waals surface area contributed by atoms with Crippen LogP contribution in [0.3, 0.4) is 0 Å². The van der Waals surface area contributed by atoms with E-state index in [9.17, 15) is 10.1 Å². The van der Waals surface area contributed by atoms with Gasteiger partial charge in [-0.05, 0) is 30.9 Å². The highest BCUT2D eigenvalue weighted by Gasteiger charge is 2.15. The van der Waals surface area contributed by atoms with Crippen LogP contribution in [0.1, 0.15) is 38.5 Å². The smallest absolute Gasteiger partial charge is 0.293 e. The molecule has 19 heavy (non-hydrogen) atoms. The van der Waals surface area contributed by atoms with Crippen molar-refractivity contribution in [2.24, 2.45) is 5.92 Å². The van der Waals surface area contributed by atoms with E-state index in [0.717, 1.165) is 23.4 Å². The van der Waals surface area contributed by atoms with Gasteiger partial charge in [0.1, 0.15) is 5.69 Å². The molecule has 0 spiro atoms. The molecule has 0 unspecified atom stereocenters. The van der Waals surface area contributed by atoms with Gasteiger partial charge in [-0.2, -0.15) is 0 Å². The van der Waals surface area contributed by atoms with Gasteiger partial charge >= 0.3 is 0 Å². The van der Waals surface area contributed by atoms with Gasteiger partial charge in [0, 0.05) is 17.1 Å². The van der Waals surface area contributed by atoms with Gasteiger partial charge in [-0.25, -0.2) is 0 Å². The van der Waals surface area contributed by atoms with Crippen LogP contribution >= 0.6 is 15.9 Å². The molecule has 1 aliphatic carbocycles. The highest BCUT2D eigenvalue weighted by molar-refractivity contribution is 9.10. The Balaban J connectivity index is 1.83. The van der Waals surface area contributed by atoms with E-state index in [-0.39, 0.29) is 10.6 Å². The zero-order valence-corrected chi connectivity index (χ0v) is 12.5. The second kappa shape index (κ2) is 6.89. The van der Waals surface area contributed by atoms with Crippen molar-refractivity contribution in [3.63, 3.8) is 0 Å². The Kier molecular flexibility index (Phi) is 5.19. The molecule has 0 aromatic heterocycles. The lowest BCUT2D eigenvalue weighted by Gasteiger charge is -2.10. The largest absolute Gasteiger partial charge is 0.379 e. The van der Waals surface area contributed by atoms with E-state index in [2.05, 4.69) is 21.2 Å². The van der Waals surface area contributed by atoms with Crippen LogP contribution in [0.4, 0.5) is 11.4 Å². The molecule has 0 aliphatic heterocycles. The fourth-order valence-electron chi connectivity index (χ4n) is 2.72. The number of rotatable bonds is 6. The molecule has 0 atom stereocenters. The van der Waals surface area contributed by atoms with Gasteiger partial charge in [-0.3, -0.25) is 10.1 Å². The lowest BCUT2D eigenvalue weighted by atomic mass is 10.0. The molecule has 2 rings (SSSR count). The van der Waals surface area contributed by atoms with Crippen LogP contribution in [0.15, 0.2) is 22.7 Å². The molecule has 0 bridgehead atoms. The van der Waals surface area contributed by atoms with Crippen molar-refractivity contribution in [1.29, 1.82) is 0 Å². The van der Waals surface area contributed by atoms with Crippen molar-refractivity contribution in [2.45, 2.75) is 38.5 Å². The quantitative estimate of drug-likeness (QED) is 0.466. The van der Waals surface area contributed by atoms with Crippen molar-refractivity contribution in [1.82, 2.24) is 0 Å². The third-order valence-electron chi connectivity index (χ3n) is 3.74. The van der Waals surface area contributed by atoms with E-state index in [1.165, 1.54) is 32.1 Å². The number of hydrogen-bond acceptors (Lipinski definition) is 3. The maximum absolute atomic E-state index is 11.0. The fraction of sp³-hybridized carbons (Fsp3) is 0.571. The van der Waals surface area contributed by atoms with Crippen LogP contribution in [0.25, 0.3) is 0 Å². The first-order chi connectivity index (χ1) is 9.16. The summed E-state index contributed by atoms with van der Waals surface area (Å²) >= 11 is 3.26. The number of nitro benzene ring substituents is 1. The SMILES string of the molecule is O=[N+]([O-])c1cc(Br)ccc1NCCCC1CCCC1. The standard InChI is InChI=1S/C14H19BrN2O2/c15-12-7-8-13(14(10-12)17(18)19)16-9-3-6-11-4-1-2-5-11/h7-8,10-11,16H,1-6,9H2. The molecule has 0 saturated heterocycles. The van der Waals surface area contributed by atoms with E-state index in [4.69, 9.17) is 0 Å². The molecule has 0 heterocycles. The summed E-state index contributed by atoms with van der Waals surface area (Å²) in [6.07, 6.45) is 7.78. The molecule has 1 fully saturated rings. The maximum atomic E-state index is 11.0. The molecule has 104 valence electrons. The fourth-order valence-corrected chi connectivity index (χ4v) is 3.07. The predicted octanol–water partition coefficient (Wildman–Crippen LogP) is 4.74. The van der Waals surface area contributed by atoms with Crippen molar-refractivity contribution < 1.29 is 4.92 Å². The number of hydrogen-bond donors (Lipinski definition) is 1. The molecule has 5 heteroatoms. The van der Waals surface area contributed by atoms with Crippen LogP contribution in [0.2, 0.25) is 0 Å². The minimum absolute atomic E-state index is 0.134. The van der Waals surface area contributed by atoms with Gasteiger partial charge in [0.15, 0.2) is 0 Å². The van der Waals surface area contributed by atoms with E-state index in [0.29, 0.717) is 5.69 Å². The van der Waals surface area contributed by atoms with Gasteiger partial charge in [0.25, 0.3) is 5.69 Å². The summed E-state index contributed by atoms with van der Waals surface area (Å²) in [6, 6.07) is 5.13. The van der Waals surface area contributed by atoms with Crippen LogP contribution in [0, 0.1) is 16.0 Å². The maximum Gasteiger partial charge on any atom is 0.293 e. The Hall–Kier alpha value is -1.10. The summed E-state index contributed by atoms with van der Waals surface area (Å²) < 4.78 is 0.732. The third-order valence-corrected chi connectivity index (χ3v) is 4.23. The molecule has 0 amide bonds. The van der Waals surface area contributed by atoms with E-state index < -0.39 is 0 Å². The van der Waals surface area contributed by atoms with Crippen molar-refractivity contribution in [2.75, 3.05) is 11.9 Å². The number of anilines is 1. The first kappa shape index (κ1) is 14.3. The highest BCUT2D eigenvalue weighted by atomic mass is 79.9. The summed E-state index contributed by atoms with van der Waals surface area (Å²) in [5.74, 6) is 0.877. The first-order valence-corrected chi connectivity index (χ1v) is 7.64. The van der Waals surface area contributed by atoms with E-state index in [1.807, 2.05) is 6.07 Å². The van der Waals surface area contributed by atoms with Gasteiger partial charge < -0.3 is 5.32 Å². The van der Waals surface area contributed by atoms with Gasteiger partial charge in [0.2, 0.25) is 0 Å². The molecule has 0 radical (unpaired) electrons. The number of nitro groups is 1. The van der Waals surface area contributed by atoms with E-state index >= 15 is 0 Å². The first-order valence-electron chi connectivity index (χ1n) is 6.84. The molecule has 1 aliphatic rings. The molecule has 1 N–H and O–H groups in total. The Morgan fingerprint density at radius 1 is 1.37 bits per heavy atom. The summed E-state index contributed by atoms with van der Waals surface area (Å²) in [5.41, 5.74) is 0.745. The van der Waals surface area contributed by atoms with Gasteiger partial charge in [0.05, 0.1) is 4.92 Å². The van der Waals surface area contributed by atoms with Gasteiger partial charge in [-0.15, -0.1) is 0 Å². The molecule has 1 saturated carbocycles. The zero-order valence-electron chi connectivity index (χ0n) is 10.9. The van der Waals surface area contributed by atoms with Crippen LogP contribution < -0.4 is 5.32 Å². The average molecular weight is 327 g/mol. The third kappa shape index (κ3) is 4.20. The number of halogens is 1. The summed E-state index contributed by atoms with van der Waals surface area (Å²) in [6.45, 7) is 0.805. The Bertz CT molecular complexity index is 445. The summed E-state index contributed by atoms with van der Waals surface area (Å²) in [5, 5.41) is 14.1. The number of nitrogens with zero attached hydrogens (tertiary/aromatic N) is 1. The van der Waals surface area contributed by atoms with Crippen molar-refractivity contribution >= 4 is 27.3 Å². The minimum Gasteiger partial charge on any atom is -0.379 e. The number of nitrogens with one attached hydrogen (secondary N) is 1. The molecule has 1 aromatic rings. The van der Waals surface area contributed by atoms with Crippen LogP contribution in [-0.2, 0) is 0 Å². The van der Waals surface area contributed by atoms with Crippen molar-refractivity contribution in [3.8, 4) is 0 Å².